The highest BCUT2D eigenvalue weighted by Gasteiger charge is 2.18. The summed E-state index contributed by atoms with van der Waals surface area (Å²) in [7, 11) is 0. The van der Waals surface area contributed by atoms with E-state index in [1.54, 1.807) is 31.2 Å². The molecule has 1 atom stereocenters. The van der Waals surface area contributed by atoms with Gasteiger partial charge >= 0.3 is 0 Å². The van der Waals surface area contributed by atoms with Crippen LogP contribution < -0.4 is 15.4 Å². The largest absolute Gasteiger partial charge is 0.481 e. The highest BCUT2D eigenvalue weighted by Crippen LogP contribution is 2.18. The van der Waals surface area contributed by atoms with Gasteiger partial charge in [-0.3, -0.25) is 9.59 Å². The Kier molecular flexibility index (Phi) is 6.78. The van der Waals surface area contributed by atoms with Crippen LogP contribution in [-0.4, -0.2) is 24.5 Å². The SMILES string of the molecule is Cc1cccc(O[C@H](C)C(=O)Nc2ccccc2C(=O)NCC(C)C)c1. The second-order valence-electron chi connectivity index (χ2n) is 6.72. The molecule has 0 spiro atoms. The number of hydrogen-bond donors (Lipinski definition) is 2. The summed E-state index contributed by atoms with van der Waals surface area (Å²) in [6, 6.07) is 14.5. The number of anilines is 1. The monoisotopic (exact) mass is 354 g/mol. The minimum atomic E-state index is -0.691. The van der Waals surface area contributed by atoms with E-state index >= 15 is 0 Å². The van der Waals surface area contributed by atoms with Crippen molar-refractivity contribution in [1.29, 1.82) is 0 Å². The number of carbonyl (C=O) groups excluding carboxylic acids is 2. The van der Waals surface area contributed by atoms with Crippen LogP contribution in [0.2, 0.25) is 0 Å². The van der Waals surface area contributed by atoms with Crippen molar-refractivity contribution in [1.82, 2.24) is 5.32 Å². The third-order valence-electron chi connectivity index (χ3n) is 3.77. The summed E-state index contributed by atoms with van der Waals surface area (Å²) in [4.78, 5) is 24.8. The molecule has 2 N–H and O–H groups in total. The molecule has 0 saturated heterocycles. The molecule has 0 bridgehead atoms. The minimum absolute atomic E-state index is 0.207. The van der Waals surface area contributed by atoms with Gasteiger partial charge in [-0.25, -0.2) is 0 Å². The maximum Gasteiger partial charge on any atom is 0.265 e. The first-order valence-electron chi connectivity index (χ1n) is 8.78. The Bertz CT molecular complexity index is 771. The number of benzene rings is 2. The molecular weight excluding hydrogens is 328 g/mol. The van der Waals surface area contributed by atoms with E-state index in [9.17, 15) is 9.59 Å². The van der Waals surface area contributed by atoms with Crippen molar-refractivity contribution >= 4 is 17.5 Å². The predicted octanol–water partition coefficient (Wildman–Crippen LogP) is 3.79. The van der Waals surface area contributed by atoms with Crippen molar-refractivity contribution in [3.05, 3.63) is 59.7 Å². The van der Waals surface area contributed by atoms with Crippen LogP contribution in [-0.2, 0) is 4.79 Å². The minimum Gasteiger partial charge on any atom is -0.481 e. The number of aryl methyl sites for hydroxylation is 1. The molecule has 5 nitrogen and oxygen atoms in total. The van der Waals surface area contributed by atoms with Crippen LogP contribution in [0.4, 0.5) is 5.69 Å². The van der Waals surface area contributed by atoms with Gasteiger partial charge in [0.05, 0.1) is 11.3 Å². The number of carbonyl (C=O) groups is 2. The van der Waals surface area contributed by atoms with Crippen molar-refractivity contribution < 1.29 is 14.3 Å². The van der Waals surface area contributed by atoms with Gasteiger partial charge in [0.25, 0.3) is 11.8 Å². The molecule has 5 heteroatoms. The van der Waals surface area contributed by atoms with Crippen LogP contribution in [0, 0.1) is 12.8 Å². The second kappa shape index (κ2) is 9.04. The van der Waals surface area contributed by atoms with Gasteiger partial charge in [0.1, 0.15) is 5.75 Å². The molecule has 2 rings (SSSR count). The maximum absolute atomic E-state index is 12.5. The summed E-state index contributed by atoms with van der Waals surface area (Å²) in [5.74, 6) is 0.469. The van der Waals surface area contributed by atoms with Crippen molar-refractivity contribution in [3.63, 3.8) is 0 Å². The van der Waals surface area contributed by atoms with E-state index in [4.69, 9.17) is 4.74 Å². The summed E-state index contributed by atoms with van der Waals surface area (Å²) < 4.78 is 5.70. The van der Waals surface area contributed by atoms with Crippen molar-refractivity contribution in [2.24, 2.45) is 5.92 Å². The van der Waals surface area contributed by atoms with E-state index in [1.165, 1.54) is 0 Å². The molecule has 2 aromatic carbocycles. The lowest BCUT2D eigenvalue weighted by Crippen LogP contribution is -2.32. The van der Waals surface area contributed by atoms with Crippen molar-refractivity contribution in [2.45, 2.75) is 33.8 Å². The van der Waals surface area contributed by atoms with Crippen LogP contribution in [0.25, 0.3) is 0 Å². The van der Waals surface area contributed by atoms with E-state index in [0.717, 1.165) is 5.56 Å². The molecule has 0 aromatic heterocycles. The van der Waals surface area contributed by atoms with Gasteiger partial charge in [-0.2, -0.15) is 0 Å². The lowest BCUT2D eigenvalue weighted by Gasteiger charge is -2.17. The number of nitrogens with one attached hydrogen (secondary N) is 2. The Hall–Kier alpha value is -2.82. The smallest absolute Gasteiger partial charge is 0.265 e. The first kappa shape index (κ1) is 19.5. The molecule has 0 radical (unpaired) electrons. The van der Waals surface area contributed by atoms with E-state index in [2.05, 4.69) is 10.6 Å². The summed E-state index contributed by atoms with van der Waals surface area (Å²) in [5, 5.41) is 5.65. The Morgan fingerprint density at radius 1 is 1.04 bits per heavy atom. The lowest BCUT2D eigenvalue weighted by molar-refractivity contribution is -0.122. The average molecular weight is 354 g/mol. The van der Waals surface area contributed by atoms with Crippen molar-refractivity contribution in [2.75, 3.05) is 11.9 Å². The molecule has 0 heterocycles. The molecule has 0 saturated carbocycles. The molecular formula is C21H26N2O3. The maximum atomic E-state index is 12.5. The fraction of sp³-hybridized carbons (Fsp3) is 0.333. The summed E-state index contributed by atoms with van der Waals surface area (Å²) in [6.45, 7) is 8.27. The Balaban J connectivity index is 2.05. The van der Waals surface area contributed by atoms with Crippen LogP contribution >= 0.6 is 0 Å². The molecule has 2 aromatic rings. The number of amides is 2. The van der Waals surface area contributed by atoms with Gasteiger partial charge in [-0.1, -0.05) is 38.1 Å². The van der Waals surface area contributed by atoms with Crippen molar-refractivity contribution in [3.8, 4) is 5.75 Å². The van der Waals surface area contributed by atoms with E-state index in [1.807, 2.05) is 45.0 Å². The van der Waals surface area contributed by atoms with Gasteiger partial charge in [0, 0.05) is 6.54 Å². The molecule has 0 aliphatic heterocycles. The van der Waals surface area contributed by atoms with Gasteiger partial charge in [0.15, 0.2) is 6.10 Å². The Labute approximate surface area is 154 Å². The van der Waals surface area contributed by atoms with Crippen LogP contribution in [0.1, 0.15) is 36.7 Å². The topological polar surface area (TPSA) is 67.4 Å². The second-order valence-corrected chi connectivity index (χ2v) is 6.72. The number of hydrogen-bond acceptors (Lipinski definition) is 3. The first-order chi connectivity index (χ1) is 12.4. The number of rotatable bonds is 7. The highest BCUT2D eigenvalue weighted by molar-refractivity contribution is 6.04. The van der Waals surface area contributed by atoms with Gasteiger partial charge < -0.3 is 15.4 Å². The standard InChI is InChI=1S/C21H26N2O3/c1-14(2)13-22-21(25)18-10-5-6-11-19(18)23-20(24)16(4)26-17-9-7-8-15(3)12-17/h5-12,14,16H,13H2,1-4H3,(H,22,25)(H,23,24)/t16-/m1/s1. The van der Waals surface area contributed by atoms with Crippen LogP contribution in [0.3, 0.4) is 0 Å². The zero-order chi connectivity index (χ0) is 19.1. The highest BCUT2D eigenvalue weighted by atomic mass is 16.5. The quantitative estimate of drug-likeness (QED) is 0.795. The van der Waals surface area contributed by atoms with Crippen LogP contribution in [0.15, 0.2) is 48.5 Å². The molecule has 0 aliphatic rings. The van der Waals surface area contributed by atoms with E-state index in [-0.39, 0.29) is 11.8 Å². The lowest BCUT2D eigenvalue weighted by atomic mass is 10.1. The summed E-state index contributed by atoms with van der Waals surface area (Å²) in [5.41, 5.74) is 1.96. The predicted molar refractivity (Wildman–Crippen MR) is 104 cm³/mol. The third-order valence-corrected chi connectivity index (χ3v) is 3.77. The fourth-order valence-electron chi connectivity index (χ4n) is 2.36. The Morgan fingerprint density at radius 2 is 1.77 bits per heavy atom. The summed E-state index contributed by atoms with van der Waals surface area (Å²) in [6.07, 6.45) is -0.691. The number of para-hydroxylation sites is 1. The first-order valence-corrected chi connectivity index (χ1v) is 8.78. The molecule has 0 unspecified atom stereocenters. The fourth-order valence-corrected chi connectivity index (χ4v) is 2.36. The molecule has 26 heavy (non-hydrogen) atoms. The molecule has 138 valence electrons. The van der Waals surface area contributed by atoms with E-state index < -0.39 is 6.10 Å². The number of ether oxygens (including phenoxy) is 1. The average Bonchev–Trinajstić information content (AvgIpc) is 2.60. The van der Waals surface area contributed by atoms with Gasteiger partial charge in [-0.05, 0) is 49.6 Å². The third kappa shape index (κ3) is 5.62. The zero-order valence-electron chi connectivity index (χ0n) is 15.7. The zero-order valence-corrected chi connectivity index (χ0v) is 15.7. The molecule has 0 aliphatic carbocycles. The Morgan fingerprint density at radius 3 is 2.46 bits per heavy atom. The molecule has 2 amide bonds. The summed E-state index contributed by atoms with van der Waals surface area (Å²) >= 11 is 0. The molecule has 0 fully saturated rings. The van der Waals surface area contributed by atoms with Gasteiger partial charge in [0.2, 0.25) is 0 Å². The van der Waals surface area contributed by atoms with Gasteiger partial charge in [-0.15, -0.1) is 0 Å². The van der Waals surface area contributed by atoms with Crippen LogP contribution in [0.5, 0.6) is 5.75 Å². The van der Waals surface area contributed by atoms with E-state index in [0.29, 0.717) is 29.5 Å². The normalized spacial score (nSPS) is 11.7.